The summed E-state index contributed by atoms with van der Waals surface area (Å²) in [6.45, 7) is 0. The Morgan fingerprint density at radius 2 is 1.00 bits per heavy atom. The number of benzene rings is 4. The maximum atomic E-state index is 10.3. The van der Waals surface area contributed by atoms with Gasteiger partial charge in [0.05, 0.1) is 50.8 Å². The van der Waals surface area contributed by atoms with Crippen molar-refractivity contribution >= 4 is 21.8 Å². The van der Waals surface area contributed by atoms with Gasteiger partial charge in [-0.2, -0.15) is 4.57 Å². The van der Waals surface area contributed by atoms with Gasteiger partial charge in [0.1, 0.15) is 28.7 Å². The second kappa shape index (κ2) is 9.06. The van der Waals surface area contributed by atoms with Gasteiger partial charge in [-0.25, -0.2) is 0 Å². The number of aromatic nitrogens is 1. The average molecular weight is 469 g/mol. The molecule has 0 saturated carbocycles. The molecule has 0 fully saturated rings. The zero-order chi connectivity index (χ0) is 24.5. The Bertz CT molecular complexity index is 1470. The summed E-state index contributed by atoms with van der Waals surface area (Å²) in [5.41, 5.74) is 4.25. The smallest absolute Gasteiger partial charge is 0.223 e. The van der Waals surface area contributed by atoms with Crippen molar-refractivity contribution in [1.82, 2.24) is 0 Å². The molecule has 4 aromatic carbocycles. The lowest BCUT2D eigenvalue weighted by atomic mass is 9.92. The van der Waals surface area contributed by atoms with E-state index in [1.807, 2.05) is 66.7 Å². The number of aromatic hydroxyl groups is 1. The first-order chi connectivity index (χ1) is 17.1. The third kappa shape index (κ3) is 3.54. The number of rotatable bonds is 6. The molecule has 35 heavy (non-hydrogen) atoms. The van der Waals surface area contributed by atoms with Crippen LogP contribution in [0.2, 0.25) is 0 Å². The number of pyridine rings is 1. The largest absolute Gasteiger partial charge is 0.508 e. The highest BCUT2D eigenvalue weighted by Crippen LogP contribution is 2.49. The standard InChI is InChI=1S/C29H25NO5/c1-32-22-13-6-11-20-26(22)29(28-24(34-3)15-8-16-25(28)35-4)27-21(12-7-14-23(27)33-2)30(20)18-9-5-10-19(31)17-18/h5-17H,1-4H3/p+1. The summed E-state index contributed by atoms with van der Waals surface area (Å²) in [7, 11) is 6.60. The van der Waals surface area contributed by atoms with Crippen molar-refractivity contribution in [2.75, 3.05) is 28.4 Å². The van der Waals surface area contributed by atoms with Crippen LogP contribution >= 0.6 is 0 Å². The van der Waals surface area contributed by atoms with E-state index in [1.165, 1.54) is 0 Å². The van der Waals surface area contributed by atoms with Gasteiger partial charge in [-0.05, 0) is 30.3 Å². The second-order valence-corrected chi connectivity index (χ2v) is 7.98. The zero-order valence-corrected chi connectivity index (χ0v) is 20.0. The van der Waals surface area contributed by atoms with Crippen molar-refractivity contribution in [3.63, 3.8) is 0 Å². The highest BCUT2D eigenvalue weighted by Gasteiger charge is 2.30. The highest BCUT2D eigenvalue weighted by molar-refractivity contribution is 6.14. The maximum Gasteiger partial charge on any atom is 0.223 e. The molecule has 1 heterocycles. The van der Waals surface area contributed by atoms with Gasteiger partial charge in [0.2, 0.25) is 16.7 Å². The predicted octanol–water partition coefficient (Wildman–Crippen LogP) is 5.68. The lowest BCUT2D eigenvalue weighted by Gasteiger charge is -2.19. The number of hydrogen-bond acceptors (Lipinski definition) is 5. The monoisotopic (exact) mass is 468 g/mol. The van der Waals surface area contributed by atoms with E-state index in [0.717, 1.165) is 38.6 Å². The van der Waals surface area contributed by atoms with E-state index in [9.17, 15) is 5.11 Å². The summed E-state index contributed by atoms with van der Waals surface area (Å²) in [5, 5.41) is 12.0. The summed E-state index contributed by atoms with van der Waals surface area (Å²) in [6, 6.07) is 24.7. The number of phenolic OH excluding ortho intramolecular Hbond substituents is 1. The van der Waals surface area contributed by atoms with Gasteiger partial charge >= 0.3 is 0 Å². The first-order valence-electron chi connectivity index (χ1n) is 11.1. The molecule has 1 aromatic heterocycles. The molecule has 0 amide bonds. The highest BCUT2D eigenvalue weighted by atomic mass is 16.5. The fourth-order valence-corrected chi connectivity index (χ4v) is 4.77. The molecule has 0 spiro atoms. The molecule has 0 radical (unpaired) electrons. The molecule has 5 aromatic rings. The maximum absolute atomic E-state index is 10.3. The van der Waals surface area contributed by atoms with Crippen LogP contribution in [-0.4, -0.2) is 33.5 Å². The van der Waals surface area contributed by atoms with Crippen LogP contribution in [-0.2, 0) is 0 Å². The molecule has 0 saturated heterocycles. The minimum atomic E-state index is 0.178. The number of methoxy groups -OCH3 is 4. The Hall–Kier alpha value is -4.45. The average Bonchev–Trinajstić information content (AvgIpc) is 2.90. The van der Waals surface area contributed by atoms with Gasteiger partial charge < -0.3 is 24.1 Å². The molecular formula is C29H26NO5+. The molecule has 0 bridgehead atoms. The number of fused-ring (bicyclic) bond motifs is 2. The van der Waals surface area contributed by atoms with Crippen molar-refractivity contribution in [3.8, 4) is 45.6 Å². The molecule has 0 aliphatic rings. The first kappa shape index (κ1) is 22.3. The van der Waals surface area contributed by atoms with E-state index >= 15 is 0 Å². The van der Waals surface area contributed by atoms with Gasteiger partial charge in [-0.1, -0.05) is 24.3 Å². The van der Waals surface area contributed by atoms with Gasteiger partial charge in [-0.15, -0.1) is 0 Å². The van der Waals surface area contributed by atoms with Crippen LogP contribution in [0.4, 0.5) is 0 Å². The molecule has 0 unspecified atom stereocenters. The molecule has 0 aliphatic carbocycles. The quantitative estimate of drug-likeness (QED) is 0.257. The Kier molecular flexibility index (Phi) is 5.79. The summed E-state index contributed by atoms with van der Waals surface area (Å²) in [4.78, 5) is 0. The number of hydrogen-bond donors (Lipinski definition) is 1. The van der Waals surface area contributed by atoms with Gasteiger partial charge in [-0.3, -0.25) is 0 Å². The van der Waals surface area contributed by atoms with Crippen molar-refractivity contribution in [2.24, 2.45) is 0 Å². The minimum absolute atomic E-state index is 0.178. The molecule has 6 heteroatoms. The third-order valence-corrected chi connectivity index (χ3v) is 6.20. The van der Waals surface area contributed by atoms with E-state index in [-0.39, 0.29) is 5.75 Å². The van der Waals surface area contributed by atoms with Crippen molar-refractivity contribution in [1.29, 1.82) is 0 Å². The van der Waals surface area contributed by atoms with Crippen molar-refractivity contribution in [3.05, 3.63) is 78.9 Å². The van der Waals surface area contributed by atoms with E-state index in [4.69, 9.17) is 18.9 Å². The fourth-order valence-electron chi connectivity index (χ4n) is 4.77. The molecule has 176 valence electrons. The normalized spacial score (nSPS) is 11.0. The predicted molar refractivity (Wildman–Crippen MR) is 136 cm³/mol. The number of phenols is 1. The van der Waals surface area contributed by atoms with Crippen LogP contribution in [0.1, 0.15) is 0 Å². The molecule has 0 aliphatic heterocycles. The Morgan fingerprint density at radius 3 is 1.49 bits per heavy atom. The van der Waals surface area contributed by atoms with Crippen LogP contribution in [0.25, 0.3) is 38.6 Å². The molecule has 0 atom stereocenters. The first-order valence-corrected chi connectivity index (χ1v) is 11.1. The van der Waals surface area contributed by atoms with Crippen LogP contribution in [0.5, 0.6) is 28.7 Å². The van der Waals surface area contributed by atoms with Crippen molar-refractivity contribution in [2.45, 2.75) is 0 Å². The second-order valence-electron chi connectivity index (χ2n) is 7.98. The van der Waals surface area contributed by atoms with E-state index in [2.05, 4.69) is 4.57 Å². The minimum Gasteiger partial charge on any atom is -0.508 e. The summed E-state index contributed by atoms with van der Waals surface area (Å²) in [6.07, 6.45) is 0. The van der Waals surface area contributed by atoms with E-state index in [1.54, 1.807) is 40.6 Å². The lowest BCUT2D eigenvalue weighted by Crippen LogP contribution is -2.33. The fraction of sp³-hybridized carbons (Fsp3) is 0.138. The topological polar surface area (TPSA) is 61.0 Å². The molecule has 5 rings (SSSR count). The SMILES string of the molecule is COc1cccc(OC)c1-c1c2c(OC)cccc2[n+](-c2cccc(O)c2)c2cccc(OC)c12. The van der Waals surface area contributed by atoms with Crippen molar-refractivity contribution < 1.29 is 28.6 Å². The van der Waals surface area contributed by atoms with Crippen LogP contribution in [0, 0.1) is 0 Å². The molecule has 1 N–H and O–H groups in total. The number of ether oxygens (including phenoxy) is 4. The molecular weight excluding hydrogens is 442 g/mol. The van der Waals surface area contributed by atoms with Crippen LogP contribution in [0.15, 0.2) is 78.9 Å². The van der Waals surface area contributed by atoms with E-state index in [0.29, 0.717) is 23.0 Å². The summed E-state index contributed by atoms with van der Waals surface area (Å²) < 4.78 is 25.5. The molecule has 6 nitrogen and oxygen atoms in total. The summed E-state index contributed by atoms with van der Waals surface area (Å²) in [5.74, 6) is 2.88. The van der Waals surface area contributed by atoms with Crippen LogP contribution < -0.4 is 23.5 Å². The van der Waals surface area contributed by atoms with Gasteiger partial charge in [0.15, 0.2) is 0 Å². The Balaban J connectivity index is 2.13. The third-order valence-electron chi connectivity index (χ3n) is 6.20. The summed E-state index contributed by atoms with van der Waals surface area (Å²) >= 11 is 0. The van der Waals surface area contributed by atoms with Gasteiger partial charge in [0, 0.05) is 23.8 Å². The Morgan fingerprint density at radius 1 is 0.543 bits per heavy atom. The number of nitrogens with zero attached hydrogens (tertiary/aromatic N) is 1. The van der Waals surface area contributed by atoms with Crippen LogP contribution in [0.3, 0.4) is 0 Å². The zero-order valence-electron chi connectivity index (χ0n) is 20.0. The van der Waals surface area contributed by atoms with E-state index < -0.39 is 0 Å². The Labute approximate surface area is 203 Å². The lowest BCUT2D eigenvalue weighted by molar-refractivity contribution is -0.538. The van der Waals surface area contributed by atoms with Gasteiger partial charge in [0.25, 0.3) is 0 Å².